The molecule has 0 atom stereocenters. The second kappa shape index (κ2) is 4.56. The highest BCUT2D eigenvalue weighted by atomic mass is 16.5. The van der Waals surface area contributed by atoms with Gasteiger partial charge in [-0.05, 0) is 6.42 Å². The molecular weight excluding hydrogens is 174 g/mol. The van der Waals surface area contributed by atoms with Gasteiger partial charge in [-0.25, -0.2) is 4.79 Å². The number of hydrogen-bond acceptors (Lipinski definition) is 4. The van der Waals surface area contributed by atoms with Gasteiger partial charge in [-0.3, -0.25) is 0 Å². The molecule has 0 radical (unpaired) electrons. The third-order valence-electron chi connectivity index (χ3n) is 1.55. The van der Waals surface area contributed by atoms with Gasteiger partial charge in [0.2, 0.25) is 5.82 Å². The lowest BCUT2D eigenvalue weighted by molar-refractivity contribution is 0.0676. The van der Waals surface area contributed by atoms with Crippen molar-refractivity contribution >= 4 is 5.97 Å². The van der Waals surface area contributed by atoms with Crippen molar-refractivity contribution in [3.8, 4) is 0 Å². The lowest BCUT2D eigenvalue weighted by Gasteiger charge is -2.01. The van der Waals surface area contributed by atoms with Gasteiger partial charge in [0, 0.05) is 20.3 Å². The van der Waals surface area contributed by atoms with Crippen LogP contribution in [0.15, 0.2) is 6.33 Å². The molecule has 0 amide bonds. The zero-order chi connectivity index (χ0) is 9.68. The molecule has 0 aliphatic carbocycles. The Morgan fingerprint density at radius 2 is 2.54 bits per heavy atom. The van der Waals surface area contributed by atoms with Gasteiger partial charge in [0.1, 0.15) is 6.33 Å². The predicted molar refractivity (Wildman–Crippen MR) is 43.5 cm³/mol. The average molecular weight is 185 g/mol. The van der Waals surface area contributed by atoms with E-state index in [1.165, 1.54) is 10.9 Å². The first-order chi connectivity index (χ1) is 6.25. The first-order valence-electron chi connectivity index (χ1n) is 3.85. The SMILES string of the molecule is COCCCn1cnnc1C(=O)O. The lowest BCUT2D eigenvalue weighted by Crippen LogP contribution is -2.10. The van der Waals surface area contributed by atoms with Crippen molar-refractivity contribution in [2.75, 3.05) is 13.7 Å². The largest absolute Gasteiger partial charge is 0.475 e. The van der Waals surface area contributed by atoms with E-state index in [4.69, 9.17) is 9.84 Å². The summed E-state index contributed by atoms with van der Waals surface area (Å²) in [6, 6.07) is 0. The number of aromatic carboxylic acids is 1. The van der Waals surface area contributed by atoms with Crippen LogP contribution in [0.3, 0.4) is 0 Å². The number of carbonyl (C=O) groups is 1. The number of hydrogen-bond donors (Lipinski definition) is 1. The van der Waals surface area contributed by atoms with Gasteiger partial charge in [0.05, 0.1) is 0 Å². The Bertz CT molecular complexity index is 284. The molecule has 0 spiro atoms. The van der Waals surface area contributed by atoms with Crippen LogP contribution in [-0.2, 0) is 11.3 Å². The maximum atomic E-state index is 10.6. The molecule has 0 fully saturated rings. The summed E-state index contributed by atoms with van der Waals surface area (Å²) in [6.45, 7) is 1.15. The summed E-state index contributed by atoms with van der Waals surface area (Å²) in [5.41, 5.74) is 0. The lowest BCUT2D eigenvalue weighted by atomic mass is 10.4. The first kappa shape index (κ1) is 9.66. The Morgan fingerprint density at radius 3 is 3.15 bits per heavy atom. The Balaban J connectivity index is 2.55. The standard InChI is InChI=1S/C7H11N3O3/c1-13-4-2-3-10-5-8-9-6(10)7(11)12/h5H,2-4H2,1H3,(H,11,12). The molecule has 0 aliphatic heterocycles. The van der Waals surface area contributed by atoms with Crippen LogP contribution in [0.2, 0.25) is 0 Å². The van der Waals surface area contributed by atoms with Crippen molar-refractivity contribution in [2.45, 2.75) is 13.0 Å². The monoisotopic (exact) mass is 185 g/mol. The molecule has 0 saturated carbocycles. The van der Waals surface area contributed by atoms with Gasteiger partial charge < -0.3 is 14.4 Å². The van der Waals surface area contributed by atoms with Crippen molar-refractivity contribution in [3.05, 3.63) is 12.2 Å². The van der Waals surface area contributed by atoms with Crippen LogP contribution in [0.4, 0.5) is 0 Å². The molecule has 1 aromatic rings. The van der Waals surface area contributed by atoms with Crippen LogP contribution in [0.25, 0.3) is 0 Å². The molecule has 0 aliphatic rings. The summed E-state index contributed by atoms with van der Waals surface area (Å²) in [5, 5.41) is 15.6. The minimum absolute atomic E-state index is 0.0314. The molecule has 6 nitrogen and oxygen atoms in total. The van der Waals surface area contributed by atoms with Crippen LogP contribution in [-0.4, -0.2) is 39.6 Å². The fourth-order valence-electron chi connectivity index (χ4n) is 0.963. The molecule has 1 aromatic heterocycles. The molecule has 1 heterocycles. The Kier molecular flexibility index (Phi) is 3.39. The number of aryl methyl sites for hydroxylation is 1. The van der Waals surface area contributed by atoms with E-state index in [1.807, 2.05) is 0 Å². The second-order valence-corrected chi connectivity index (χ2v) is 2.50. The van der Waals surface area contributed by atoms with E-state index >= 15 is 0 Å². The van der Waals surface area contributed by atoms with Crippen molar-refractivity contribution in [1.29, 1.82) is 0 Å². The molecule has 0 bridgehead atoms. The van der Waals surface area contributed by atoms with Gasteiger partial charge in [-0.1, -0.05) is 0 Å². The minimum atomic E-state index is -1.06. The van der Waals surface area contributed by atoms with Crippen LogP contribution in [0.1, 0.15) is 17.0 Å². The van der Waals surface area contributed by atoms with Gasteiger partial charge in [-0.2, -0.15) is 0 Å². The van der Waals surface area contributed by atoms with Crippen LogP contribution >= 0.6 is 0 Å². The maximum Gasteiger partial charge on any atom is 0.374 e. The molecule has 0 saturated heterocycles. The fraction of sp³-hybridized carbons (Fsp3) is 0.571. The Labute approximate surface area is 75.2 Å². The van der Waals surface area contributed by atoms with Crippen molar-refractivity contribution in [1.82, 2.24) is 14.8 Å². The fourth-order valence-corrected chi connectivity index (χ4v) is 0.963. The number of carboxylic acids is 1. The van der Waals surface area contributed by atoms with E-state index in [-0.39, 0.29) is 5.82 Å². The molecule has 1 rings (SSSR count). The summed E-state index contributed by atoms with van der Waals surface area (Å²) >= 11 is 0. The summed E-state index contributed by atoms with van der Waals surface area (Å²) < 4.78 is 6.33. The van der Waals surface area contributed by atoms with Crippen LogP contribution in [0, 0.1) is 0 Å². The van der Waals surface area contributed by atoms with E-state index in [9.17, 15) is 4.79 Å². The molecule has 13 heavy (non-hydrogen) atoms. The molecule has 0 unspecified atom stereocenters. The maximum absolute atomic E-state index is 10.6. The van der Waals surface area contributed by atoms with Crippen LogP contribution in [0.5, 0.6) is 0 Å². The quantitative estimate of drug-likeness (QED) is 0.654. The number of carboxylic acid groups (broad SMARTS) is 1. The highest BCUT2D eigenvalue weighted by Gasteiger charge is 2.10. The number of ether oxygens (including phenoxy) is 1. The van der Waals surface area contributed by atoms with Gasteiger partial charge in [0.25, 0.3) is 0 Å². The van der Waals surface area contributed by atoms with Crippen molar-refractivity contribution in [3.63, 3.8) is 0 Å². The van der Waals surface area contributed by atoms with Gasteiger partial charge in [-0.15, -0.1) is 10.2 Å². The smallest absolute Gasteiger partial charge is 0.374 e. The number of aromatic nitrogens is 3. The molecule has 72 valence electrons. The summed E-state index contributed by atoms with van der Waals surface area (Å²) in [6.07, 6.45) is 2.15. The average Bonchev–Trinajstić information content (AvgIpc) is 2.53. The summed E-state index contributed by atoms with van der Waals surface area (Å²) in [5.74, 6) is -1.09. The van der Waals surface area contributed by atoms with E-state index < -0.39 is 5.97 Å². The number of methoxy groups -OCH3 is 1. The molecular formula is C7H11N3O3. The minimum Gasteiger partial charge on any atom is -0.475 e. The predicted octanol–water partition coefficient (Wildman–Crippen LogP) is 0.0128. The zero-order valence-corrected chi connectivity index (χ0v) is 7.30. The highest BCUT2D eigenvalue weighted by molar-refractivity contribution is 5.83. The zero-order valence-electron chi connectivity index (χ0n) is 7.30. The van der Waals surface area contributed by atoms with E-state index in [2.05, 4.69) is 10.2 Å². The van der Waals surface area contributed by atoms with Gasteiger partial charge in [0.15, 0.2) is 0 Å². The summed E-state index contributed by atoms with van der Waals surface area (Å²) in [4.78, 5) is 10.6. The third-order valence-corrected chi connectivity index (χ3v) is 1.55. The Hall–Kier alpha value is -1.43. The van der Waals surface area contributed by atoms with Crippen LogP contribution < -0.4 is 0 Å². The molecule has 0 aromatic carbocycles. The molecule has 1 N–H and O–H groups in total. The first-order valence-corrected chi connectivity index (χ1v) is 3.85. The number of nitrogens with zero attached hydrogens (tertiary/aromatic N) is 3. The highest BCUT2D eigenvalue weighted by Crippen LogP contribution is 1.97. The molecule has 6 heteroatoms. The van der Waals surface area contributed by atoms with Crippen molar-refractivity contribution in [2.24, 2.45) is 0 Å². The van der Waals surface area contributed by atoms with Gasteiger partial charge >= 0.3 is 5.97 Å². The van der Waals surface area contributed by atoms with E-state index in [0.717, 1.165) is 6.42 Å². The van der Waals surface area contributed by atoms with Crippen molar-refractivity contribution < 1.29 is 14.6 Å². The second-order valence-electron chi connectivity index (χ2n) is 2.50. The topological polar surface area (TPSA) is 77.2 Å². The number of rotatable bonds is 5. The summed E-state index contributed by atoms with van der Waals surface area (Å²) in [7, 11) is 1.60. The van der Waals surface area contributed by atoms with E-state index in [1.54, 1.807) is 7.11 Å². The Morgan fingerprint density at radius 1 is 1.77 bits per heavy atom. The third kappa shape index (κ3) is 2.51. The normalized spacial score (nSPS) is 10.2. The van der Waals surface area contributed by atoms with E-state index in [0.29, 0.717) is 13.2 Å².